The van der Waals surface area contributed by atoms with Gasteiger partial charge in [0.15, 0.2) is 0 Å². The molecule has 4 unspecified atom stereocenters. The monoisotopic (exact) mass is 366 g/mol. The van der Waals surface area contributed by atoms with E-state index in [1.165, 1.54) is 50.7 Å². The second-order valence-corrected chi connectivity index (χ2v) is 8.38. The molecule has 2 fully saturated rings. The average Bonchev–Trinajstić information content (AvgIpc) is 2.68. The van der Waals surface area contributed by atoms with Crippen LogP contribution >= 0.6 is 0 Å². The number of benzene rings is 2. The van der Waals surface area contributed by atoms with Gasteiger partial charge in [0.25, 0.3) is 0 Å². The molecule has 2 saturated carbocycles. The van der Waals surface area contributed by atoms with Crippen LogP contribution in [0.4, 0.5) is 8.78 Å². The topological polar surface area (TPSA) is 0 Å². The van der Waals surface area contributed by atoms with Crippen molar-refractivity contribution in [2.75, 3.05) is 0 Å². The van der Waals surface area contributed by atoms with Crippen LogP contribution in [0.25, 0.3) is 11.1 Å². The first-order chi connectivity index (χ1) is 13.1. The van der Waals surface area contributed by atoms with Crippen LogP contribution in [-0.4, -0.2) is 0 Å². The predicted octanol–water partition coefficient (Wildman–Crippen LogP) is 7.51. The van der Waals surface area contributed by atoms with Crippen molar-refractivity contribution in [1.29, 1.82) is 0 Å². The van der Waals surface area contributed by atoms with E-state index in [9.17, 15) is 8.78 Å². The highest BCUT2D eigenvalue weighted by Gasteiger charge is 2.35. The molecule has 0 aromatic heterocycles. The summed E-state index contributed by atoms with van der Waals surface area (Å²) >= 11 is 0. The fourth-order valence-electron chi connectivity index (χ4n) is 5.32. The molecule has 0 amide bonds. The molecule has 0 aliphatic heterocycles. The molecule has 4 atom stereocenters. The van der Waals surface area contributed by atoms with Gasteiger partial charge in [-0.15, -0.1) is 0 Å². The molecule has 0 bridgehead atoms. The minimum atomic E-state index is -0.295. The molecule has 2 aliphatic rings. The zero-order valence-electron chi connectivity index (χ0n) is 16.0. The minimum absolute atomic E-state index is 0.196. The summed E-state index contributed by atoms with van der Waals surface area (Å²) in [6.07, 6.45) is 12.2. The first-order valence-electron chi connectivity index (χ1n) is 10.3. The Morgan fingerprint density at radius 2 is 1.59 bits per heavy atom. The zero-order chi connectivity index (χ0) is 18.8. The summed E-state index contributed by atoms with van der Waals surface area (Å²) in [6, 6.07) is 11.7. The van der Waals surface area contributed by atoms with E-state index in [0.29, 0.717) is 11.5 Å². The summed E-state index contributed by atoms with van der Waals surface area (Å²) in [5, 5.41) is 0. The van der Waals surface area contributed by atoms with Crippen molar-refractivity contribution in [3.63, 3.8) is 0 Å². The van der Waals surface area contributed by atoms with E-state index >= 15 is 0 Å². The van der Waals surface area contributed by atoms with Crippen molar-refractivity contribution in [3.8, 4) is 11.1 Å². The summed E-state index contributed by atoms with van der Waals surface area (Å²) in [4.78, 5) is 0. The van der Waals surface area contributed by atoms with Crippen LogP contribution in [0.1, 0.15) is 56.9 Å². The quantitative estimate of drug-likeness (QED) is 0.493. The van der Waals surface area contributed by atoms with Gasteiger partial charge < -0.3 is 0 Å². The number of rotatable bonds is 3. The fraction of sp³-hybridized carbons (Fsp3) is 0.440. The SMILES string of the molecule is C/C=C/C1CCC2CC(c3ccc(-c4ccc(F)cc4)c(F)c3)CCC2C1. The highest BCUT2D eigenvalue weighted by molar-refractivity contribution is 5.64. The van der Waals surface area contributed by atoms with E-state index in [4.69, 9.17) is 0 Å². The van der Waals surface area contributed by atoms with E-state index in [1.54, 1.807) is 18.2 Å². The lowest BCUT2D eigenvalue weighted by Gasteiger charge is -2.41. The normalized spacial score (nSPS) is 28.3. The third-order valence-corrected chi connectivity index (χ3v) is 6.74. The first kappa shape index (κ1) is 18.4. The van der Waals surface area contributed by atoms with E-state index in [1.807, 2.05) is 6.07 Å². The van der Waals surface area contributed by atoms with E-state index in [-0.39, 0.29) is 11.6 Å². The molecule has 0 heterocycles. The summed E-state index contributed by atoms with van der Waals surface area (Å²) in [7, 11) is 0. The van der Waals surface area contributed by atoms with Crippen molar-refractivity contribution in [2.24, 2.45) is 17.8 Å². The second kappa shape index (κ2) is 7.96. The number of hydrogen-bond donors (Lipinski definition) is 0. The van der Waals surface area contributed by atoms with Gasteiger partial charge in [-0.2, -0.15) is 0 Å². The number of allylic oxidation sites excluding steroid dienone is 2. The smallest absolute Gasteiger partial charge is 0.131 e. The molecule has 0 saturated heterocycles. The fourth-order valence-corrected chi connectivity index (χ4v) is 5.32. The maximum Gasteiger partial charge on any atom is 0.131 e. The Morgan fingerprint density at radius 1 is 0.852 bits per heavy atom. The molecule has 0 N–H and O–H groups in total. The Balaban J connectivity index is 1.47. The summed E-state index contributed by atoms with van der Waals surface area (Å²) in [6.45, 7) is 2.12. The van der Waals surface area contributed by atoms with Crippen LogP contribution in [0.15, 0.2) is 54.6 Å². The molecule has 0 nitrogen and oxygen atoms in total. The molecule has 4 rings (SSSR count). The van der Waals surface area contributed by atoms with Crippen LogP contribution in [0.3, 0.4) is 0 Å². The summed E-state index contributed by atoms with van der Waals surface area (Å²) < 4.78 is 27.9. The van der Waals surface area contributed by atoms with Crippen molar-refractivity contribution >= 4 is 0 Å². The summed E-state index contributed by atoms with van der Waals surface area (Å²) in [5.41, 5.74) is 2.41. The molecule has 142 valence electrons. The molecule has 2 heteroatoms. The molecule has 0 radical (unpaired) electrons. The third kappa shape index (κ3) is 4.00. The largest absolute Gasteiger partial charge is 0.207 e. The number of halogens is 2. The molecule has 2 aromatic carbocycles. The van der Waals surface area contributed by atoms with Crippen LogP contribution in [0.2, 0.25) is 0 Å². The molecule has 0 spiro atoms. The lowest BCUT2D eigenvalue weighted by atomic mass is 9.64. The van der Waals surface area contributed by atoms with Gasteiger partial charge >= 0.3 is 0 Å². The third-order valence-electron chi connectivity index (χ3n) is 6.74. The predicted molar refractivity (Wildman–Crippen MR) is 108 cm³/mol. The van der Waals surface area contributed by atoms with Gasteiger partial charge in [0.1, 0.15) is 11.6 Å². The van der Waals surface area contributed by atoms with Crippen LogP contribution in [-0.2, 0) is 0 Å². The molecule has 27 heavy (non-hydrogen) atoms. The lowest BCUT2D eigenvalue weighted by molar-refractivity contribution is 0.133. The van der Waals surface area contributed by atoms with Crippen LogP contribution in [0.5, 0.6) is 0 Å². The van der Waals surface area contributed by atoms with Gasteiger partial charge in [0, 0.05) is 5.56 Å². The van der Waals surface area contributed by atoms with E-state index in [0.717, 1.165) is 28.9 Å². The Labute approximate surface area is 161 Å². The Kier molecular flexibility index (Phi) is 5.43. The van der Waals surface area contributed by atoms with Crippen molar-refractivity contribution < 1.29 is 8.78 Å². The van der Waals surface area contributed by atoms with Gasteiger partial charge in [0.2, 0.25) is 0 Å². The Bertz CT molecular complexity index is 806. The van der Waals surface area contributed by atoms with Crippen LogP contribution in [0, 0.1) is 29.4 Å². The van der Waals surface area contributed by atoms with Gasteiger partial charge in [-0.3, -0.25) is 0 Å². The zero-order valence-corrected chi connectivity index (χ0v) is 16.0. The second-order valence-electron chi connectivity index (χ2n) is 8.38. The van der Waals surface area contributed by atoms with E-state index < -0.39 is 0 Å². The van der Waals surface area contributed by atoms with Crippen LogP contribution < -0.4 is 0 Å². The van der Waals surface area contributed by atoms with Crippen molar-refractivity contribution in [2.45, 2.75) is 51.4 Å². The van der Waals surface area contributed by atoms with Crippen molar-refractivity contribution in [3.05, 3.63) is 71.8 Å². The Hall–Kier alpha value is -1.96. The average molecular weight is 366 g/mol. The maximum absolute atomic E-state index is 14.8. The standard InChI is InChI=1S/C25H28F2/c1-2-3-17-4-5-20-15-21(7-6-19(20)14-17)22-10-13-24(25(27)16-22)18-8-11-23(26)12-9-18/h2-3,8-13,16-17,19-21H,4-7,14-15H2,1H3/b3-2+. The number of fused-ring (bicyclic) bond motifs is 1. The maximum atomic E-state index is 14.8. The van der Waals surface area contributed by atoms with E-state index in [2.05, 4.69) is 25.1 Å². The van der Waals surface area contributed by atoms with Gasteiger partial charge in [-0.1, -0.05) is 36.4 Å². The minimum Gasteiger partial charge on any atom is -0.207 e. The van der Waals surface area contributed by atoms with Crippen molar-refractivity contribution in [1.82, 2.24) is 0 Å². The van der Waals surface area contributed by atoms with Gasteiger partial charge in [0.05, 0.1) is 0 Å². The number of hydrogen-bond acceptors (Lipinski definition) is 0. The van der Waals surface area contributed by atoms with Gasteiger partial charge in [-0.25, -0.2) is 8.78 Å². The molecular formula is C25H28F2. The highest BCUT2D eigenvalue weighted by atomic mass is 19.1. The van der Waals surface area contributed by atoms with Gasteiger partial charge in [-0.05, 0) is 98.4 Å². The Morgan fingerprint density at radius 3 is 2.33 bits per heavy atom. The molecule has 2 aromatic rings. The molecule has 2 aliphatic carbocycles. The summed E-state index contributed by atoms with van der Waals surface area (Å²) in [5.74, 6) is 2.39. The first-order valence-corrected chi connectivity index (χ1v) is 10.3. The molecular weight excluding hydrogens is 338 g/mol. The lowest BCUT2D eigenvalue weighted by Crippen LogP contribution is -2.30. The highest BCUT2D eigenvalue weighted by Crippen LogP contribution is 2.48.